The molecule has 78 valence electrons. The summed E-state index contributed by atoms with van der Waals surface area (Å²) >= 11 is 0. The van der Waals surface area contributed by atoms with Gasteiger partial charge in [0.25, 0.3) is 0 Å². The molecule has 0 aromatic heterocycles. The summed E-state index contributed by atoms with van der Waals surface area (Å²) in [5, 5.41) is 0. The normalized spacial score (nSPS) is 11.2. The van der Waals surface area contributed by atoms with E-state index in [0.29, 0.717) is 0 Å². The summed E-state index contributed by atoms with van der Waals surface area (Å²) in [6, 6.07) is 6.56. The van der Waals surface area contributed by atoms with Gasteiger partial charge in [0.05, 0.1) is 0 Å². The average molecular weight is 198 g/mol. The lowest BCUT2D eigenvalue weighted by Crippen LogP contribution is -1.89. The van der Waals surface area contributed by atoms with Gasteiger partial charge in [-0.05, 0) is 35.6 Å². The van der Waals surface area contributed by atoms with E-state index in [9.17, 15) is 0 Å². The van der Waals surface area contributed by atoms with Crippen LogP contribution in [0.4, 0.5) is 0 Å². The highest BCUT2D eigenvalue weighted by atomic mass is 14.1. The lowest BCUT2D eigenvalue weighted by Gasteiger charge is -2.08. The summed E-state index contributed by atoms with van der Waals surface area (Å²) in [5.41, 5.74) is 5.04. The SMILES string of the molecule is C=C/C=C(\C=C)c1ccc(CC)cc1C. The van der Waals surface area contributed by atoms with Crippen molar-refractivity contribution in [3.8, 4) is 0 Å². The zero-order valence-electron chi connectivity index (χ0n) is 9.59. The lowest BCUT2D eigenvalue weighted by molar-refractivity contribution is 1.13. The van der Waals surface area contributed by atoms with E-state index >= 15 is 0 Å². The predicted octanol–water partition coefficient (Wildman–Crippen LogP) is 4.31. The Kier molecular flexibility index (Phi) is 4.11. The summed E-state index contributed by atoms with van der Waals surface area (Å²) < 4.78 is 0. The van der Waals surface area contributed by atoms with Crippen LogP contribution in [-0.4, -0.2) is 0 Å². The van der Waals surface area contributed by atoms with Gasteiger partial charge >= 0.3 is 0 Å². The molecule has 0 saturated carbocycles. The van der Waals surface area contributed by atoms with Crippen LogP contribution in [0.15, 0.2) is 49.6 Å². The van der Waals surface area contributed by atoms with Gasteiger partial charge in [0.2, 0.25) is 0 Å². The molecule has 0 N–H and O–H groups in total. The first kappa shape index (κ1) is 11.5. The van der Waals surface area contributed by atoms with E-state index in [1.807, 2.05) is 12.2 Å². The second-order valence-corrected chi connectivity index (χ2v) is 3.56. The molecule has 0 amide bonds. The molecule has 0 heterocycles. The second-order valence-electron chi connectivity index (χ2n) is 3.56. The molecule has 1 aromatic rings. The fourth-order valence-corrected chi connectivity index (χ4v) is 1.66. The maximum Gasteiger partial charge on any atom is -0.0155 e. The van der Waals surface area contributed by atoms with Crippen molar-refractivity contribution in [2.45, 2.75) is 20.3 Å². The molecule has 0 saturated heterocycles. The van der Waals surface area contributed by atoms with Crippen LogP contribution in [0.5, 0.6) is 0 Å². The first-order valence-corrected chi connectivity index (χ1v) is 5.28. The van der Waals surface area contributed by atoms with E-state index in [2.05, 4.69) is 45.2 Å². The van der Waals surface area contributed by atoms with Crippen LogP contribution in [0.2, 0.25) is 0 Å². The molecule has 15 heavy (non-hydrogen) atoms. The number of hydrogen-bond donors (Lipinski definition) is 0. The average Bonchev–Trinajstić information content (AvgIpc) is 2.26. The minimum atomic E-state index is 1.08. The number of aryl methyl sites for hydroxylation is 2. The summed E-state index contributed by atoms with van der Waals surface area (Å²) in [5.74, 6) is 0. The van der Waals surface area contributed by atoms with Crippen LogP contribution < -0.4 is 0 Å². The molecule has 0 aliphatic carbocycles. The molecular formula is C15H18. The molecule has 1 aromatic carbocycles. The highest BCUT2D eigenvalue weighted by Gasteiger charge is 2.01. The molecular weight excluding hydrogens is 180 g/mol. The van der Waals surface area contributed by atoms with Crippen LogP contribution in [0.1, 0.15) is 23.6 Å². The minimum Gasteiger partial charge on any atom is -0.0990 e. The number of rotatable bonds is 4. The maximum absolute atomic E-state index is 3.82. The molecule has 0 spiro atoms. The summed E-state index contributed by atoms with van der Waals surface area (Å²) in [6.07, 6.45) is 6.73. The van der Waals surface area contributed by atoms with Crippen molar-refractivity contribution >= 4 is 5.57 Å². The number of allylic oxidation sites excluding steroid dienone is 4. The van der Waals surface area contributed by atoms with E-state index in [4.69, 9.17) is 0 Å². The maximum atomic E-state index is 3.82. The van der Waals surface area contributed by atoms with E-state index in [0.717, 1.165) is 12.0 Å². The van der Waals surface area contributed by atoms with Gasteiger partial charge in [0, 0.05) is 0 Å². The quantitative estimate of drug-likeness (QED) is 0.632. The van der Waals surface area contributed by atoms with E-state index in [1.165, 1.54) is 16.7 Å². The summed E-state index contributed by atoms with van der Waals surface area (Å²) in [4.78, 5) is 0. The largest absolute Gasteiger partial charge is 0.0990 e. The molecule has 0 aliphatic heterocycles. The first-order chi connectivity index (χ1) is 7.22. The molecule has 0 radical (unpaired) electrons. The van der Waals surface area contributed by atoms with Crippen LogP contribution in [-0.2, 0) is 6.42 Å². The smallest absolute Gasteiger partial charge is 0.0155 e. The molecule has 0 unspecified atom stereocenters. The zero-order valence-corrected chi connectivity index (χ0v) is 9.59. The van der Waals surface area contributed by atoms with Crippen LogP contribution in [0.25, 0.3) is 5.57 Å². The summed E-state index contributed by atoms with van der Waals surface area (Å²) in [7, 11) is 0. The van der Waals surface area contributed by atoms with Crippen molar-refractivity contribution in [1.29, 1.82) is 0 Å². The number of benzene rings is 1. The molecule has 0 aliphatic rings. The van der Waals surface area contributed by atoms with Gasteiger partial charge in [-0.2, -0.15) is 0 Å². The Morgan fingerprint density at radius 2 is 2.07 bits per heavy atom. The van der Waals surface area contributed by atoms with Gasteiger partial charge < -0.3 is 0 Å². The van der Waals surface area contributed by atoms with Crippen molar-refractivity contribution in [2.24, 2.45) is 0 Å². The predicted molar refractivity (Wildman–Crippen MR) is 68.9 cm³/mol. The third-order valence-corrected chi connectivity index (χ3v) is 2.53. The van der Waals surface area contributed by atoms with Gasteiger partial charge in [-0.25, -0.2) is 0 Å². The zero-order chi connectivity index (χ0) is 11.3. The Hall–Kier alpha value is -1.56. The number of hydrogen-bond acceptors (Lipinski definition) is 0. The van der Waals surface area contributed by atoms with E-state index < -0.39 is 0 Å². The molecule has 0 fully saturated rings. The highest BCUT2D eigenvalue weighted by molar-refractivity contribution is 5.76. The molecule has 0 bridgehead atoms. The minimum absolute atomic E-state index is 1.08. The monoisotopic (exact) mass is 198 g/mol. The lowest BCUT2D eigenvalue weighted by atomic mass is 9.97. The van der Waals surface area contributed by atoms with Crippen LogP contribution >= 0.6 is 0 Å². The molecule has 0 heteroatoms. The summed E-state index contributed by atoms with van der Waals surface area (Å²) in [6.45, 7) is 11.8. The van der Waals surface area contributed by atoms with Crippen molar-refractivity contribution in [2.75, 3.05) is 0 Å². The Balaban J connectivity index is 3.20. The van der Waals surface area contributed by atoms with E-state index in [1.54, 1.807) is 6.08 Å². The van der Waals surface area contributed by atoms with Crippen molar-refractivity contribution in [3.05, 3.63) is 66.3 Å². The molecule has 0 atom stereocenters. The topological polar surface area (TPSA) is 0 Å². The van der Waals surface area contributed by atoms with Crippen LogP contribution in [0.3, 0.4) is 0 Å². The van der Waals surface area contributed by atoms with Gasteiger partial charge in [-0.15, -0.1) is 0 Å². The molecule has 0 nitrogen and oxygen atoms in total. The Morgan fingerprint density at radius 3 is 2.53 bits per heavy atom. The van der Waals surface area contributed by atoms with Gasteiger partial charge in [-0.1, -0.05) is 56.5 Å². The Labute approximate surface area is 92.6 Å². The highest BCUT2D eigenvalue weighted by Crippen LogP contribution is 2.21. The van der Waals surface area contributed by atoms with Gasteiger partial charge in [0.15, 0.2) is 0 Å². The van der Waals surface area contributed by atoms with Crippen molar-refractivity contribution < 1.29 is 0 Å². The van der Waals surface area contributed by atoms with E-state index in [-0.39, 0.29) is 0 Å². The van der Waals surface area contributed by atoms with Crippen LogP contribution in [0, 0.1) is 6.92 Å². The Morgan fingerprint density at radius 1 is 1.33 bits per heavy atom. The van der Waals surface area contributed by atoms with Crippen molar-refractivity contribution in [3.63, 3.8) is 0 Å². The Bertz CT molecular complexity index is 394. The third kappa shape index (κ3) is 2.69. The molecule has 1 rings (SSSR count). The van der Waals surface area contributed by atoms with Gasteiger partial charge in [0.1, 0.15) is 0 Å². The fourth-order valence-electron chi connectivity index (χ4n) is 1.66. The standard InChI is InChI=1S/C15H18/c1-5-8-14(7-3)15-10-9-13(6-2)11-12(15)4/h5,7-11H,1,3,6H2,2,4H3/b14-8+. The first-order valence-electron chi connectivity index (χ1n) is 5.28. The fraction of sp³-hybridized carbons (Fsp3) is 0.200. The van der Waals surface area contributed by atoms with Crippen molar-refractivity contribution in [1.82, 2.24) is 0 Å². The van der Waals surface area contributed by atoms with Gasteiger partial charge in [-0.3, -0.25) is 0 Å². The third-order valence-electron chi connectivity index (χ3n) is 2.53. The second kappa shape index (κ2) is 5.35.